The average Bonchev–Trinajstić information content (AvgIpc) is 3.36. The number of Topliss-reactive ketones (excluding diaryl/α,β-unsaturated/α-hetero) is 1. The van der Waals surface area contributed by atoms with Crippen LogP contribution < -0.4 is 21.9 Å². The highest BCUT2D eigenvalue weighted by Gasteiger charge is 2.15. The van der Waals surface area contributed by atoms with E-state index >= 15 is 0 Å². The summed E-state index contributed by atoms with van der Waals surface area (Å²) >= 11 is 0. The molecule has 3 aromatic carbocycles. The SMILES string of the molecule is COCCn1c(=O)c2cc(NC(=O)Nc3cccc(C(C)=O)c3)ccc2n(CCn2cnc3ccccc32)c1=O. The van der Waals surface area contributed by atoms with Crippen molar-refractivity contribution in [3.63, 3.8) is 0 Å². The molecule has 5 rings (SSSR count). The number of ketones is 1. The van der Waals surface area contributed by atoms with Crippen molar-refractivity contribution in [3.05, 3.63) is 99.5 Å². The third-order valence-electron chi connectivity index (χ3n) is 6.62. The Balaban J connectivity index is 1.46. The average molecular weight is 541 g/mol. The van der Waals surface area contributed by atoms with E-state index < -0.39 is 17.3 Å². The second kappa shape index (κ2) is 11.4. The summed E-state index contributed by atoms with van der Waals surface area (Å²) in [5.41, 5.74) is 2.63. The van der Waals surface area contributed by atoms with E-state index in [0.29, 0.717) is 35.5 Å². The van der Waals surface area contributed by atoms with Crippen LogP contribution in [0.4, 0.5) is 16.2 Å². The van der Waals surface area contributed by atoms with E-state index in [1.807, 2.05) is 28.8 Å². The summed E-state index contributed by atoms with van der Waals surface area (Å²) in [7, 11) is 1.50. The van der Waals surface area contributed by atoms with Gasteiger partial charge in [0.25, 0.3) is 5.56 Å². The molecule has 2 N–H and O–H groups in total. The minimum atomic E-state index is -0.542. The van der Waals surface area contributed by atoms with Crippen LogP contribution in [0.15, 0.2) is 82.6 Å². The molecule has 0 aliphatic heterocycles. The molecule has 40 heavy (non-hydrogen) atoms. The lowest BCUT2D eigenvalue weighted by molar-refractivity contribution is 0.101. The van der Waals surface area contributed by atoms with E-state index in [-0.39, 0.29) is 24.3 Å². The van der Waals surface area contributed by atoms with Crippen LogP contribution in [0.5, 0.6) is 0 Å². The van der Waals surface area contributed by atoms with Gasteiger partial charge >= 0.3 is 11.7 Å². The molecule has 0 saturated heterocycles. The van der Waals surface area contributed by atoms with Gasteiger partial charge in [-0.3, -0.25) is 18.7 Å². The zero-order chi connectivity index (χ0) is 28.2. The first-order valence-corrected chi connectivity index (χ1v) is 12.7. The van der Waals surface area contributed by atoms with Gasteiger partial charge in [0.15, 0.2) is 5.78 Å². The molecule has 0 aliphatic rings. The normalized spacial score (nSPS) is 11.2. The quantitative estimate of drug-likeness (QED) is 0.274. The second-order valence-electron chi connectivity index (χ2n) is 9.26. The summed E-state index contributed by atoms with van der Waals surface area (Å²) in [4.78, 5) is 55.5. The number of para-hydroxylation sites is 2. The maximum Gasteiger partial charge on any atom is 0.331 e. The Hall–Kier alpha value is -5.03. The fourth-order valence-electron chi connectivity index (χ4n) is 4.60. The van der Waals surface area contributed by atoms with Gasteiger partial charge in [-0.25, -0.2) is 14.6 Å². The van der Waals surface area contributed by atoms with Crippen LogP contribution >= 0.6 is 0 Å². The van der Waals surface area contributed by atoms with Crippen molar-refractivity contribution < 1.29 is 14.3 Å². The first-order chi connectivity index (χ1) is 19.4. The molecule has 204 valence electrons. The summed E-state index contributed by atoms with van der Waals surface area (Å²) in [6.07, 6.45) is 1.73. The number of amides is 2. The number of benzene rings is 3. The van der Waals surface area contributed by atoms with Gasteiger partial charge in [0.1, 0.15) is 0 Å². The fraction of sp³-hybridized carbons (Fsp3) is 0.207. The lowest BCUT2D eigenvalue weighted by atomic mass is 10.1. The Morgan fingerprint density at radius 2 is 1.62 bits per heavy atom. The van der Waals surface area contributed by atoms with Crippen LogP contribution in [0.1, 0.15) is 17.3 Å². The molecule has 11 nitrogen and oxygen atoms in total. The number of ether oxygens (including phenoxy) is 1. The number of rotatable bonds is 9. The number of hydrogen-bond donors (Lipinski definition) is 2. The maximum absolute atomic E-state index is 13.4. The molecule has 2 heterocycles. The monoisotopic (exact) mass is 540 g/mol. The van der Waals surface area contributed by atoms with E-state index in [1.165, 1.54) is 14.0 Å². The van der Waals surface area contributed by atoms with Crippen molar-refractivity contribution in [1.29, 1.82) is 0 Å². The summed E-state index contributed by atoms with van der Waals surface area (Å²) in [5, 5.41) is 5.69. The molecule has 0 aliphatic carbocycles. The molecule has 0 atom stereocenters. The Morgan fingerprint density at radius 3 is 2.40 bits per heavy atom. The van der Waals surface area contributed by atoms with E-state index in [2.05, 4.69) is 15.6 Å². The highest BCUT2D eigenvalue weighted by atomic mass is 16.5. The third-order valence-corrected chi connectivity index (χ3v) is 6.62. The molecule has 0 spiro atoms. The zero-order valence-corrected chi connectivity index (χ0v) is 22.1. The highest BCUT2D eigenvalue weighted by molar-refractivity contribution is 6.02. The Kier molecular flexibility index (Phi) is 7.56. The first kappa shape index (κ1) is 26.6. The number of aryl methyl sites for hydroxylation is 2. The van der Waals surface area contributed by atoms with Crippen molar-refractivity contribution in [3.8, 4) is 0 Å². The largest absolute Gasteiger partial charge is 0.383 e. The van der Waals surface area contributed by atoms with Gasteiger partial charge in [0.05, 0.1) is 41.4 Å². The smallest absolute Gasteiger partial charge is 0.331 e. The minimum absolute atomic E-state index is 0.0861. The molecular formula is C29H28N6O5. The highest BCUT2D eigenvalue weighted by Crippen LogP contribution is 2.18. The lowest BCUT2D eigenvalue weighted by Gasteiger charge is -2.16. The maximum atomic E-state index is 13.4. The van der Waals surface area contributed by atoms with Gasteiger partial charge in [-0.1, -0.05) is 24.3 Å². The van der Waals surface area contributed by atoms with Crippen LogP contribution in [0, 0.1) is 0 Å². The fourth-order valence-corrected chi connectivity index (χ4v) is 4.60. The van der Waals surface area contributed by atoms with Crippen molar-refractivity contribution in [2.75, 3.05) is 24.4 Å². The van der Waals surface area contributed by atoms with Gasteiger partial charge in [0.2, 0.25) is 0 Å². The lowest BCUT2D eigenvalue weighted by Crippen LogP contribution is -2.41. The molecule has 0 bridgehead atoms. The number of urea groups is 1. The Morgan fingerprint density at radius 1 is 0.850 bits per heavy atom. The van der Waals surface area contributed by atoms with E-state index in [1.54, 1.807) is 53.4 Å². The predicted octanol–water partition coefficient (Wildman–Crippen LogP) is 3.71. The number of methoxy groups -OCH3 is 1. The van der Waals surface area contributed by atoms with Crippen molar-refractivity contribution in [2.45, 2.75) is 26.6 Å². The number of aromatic nitrogens is 4. The number of fused-ring (bicyclic) bond motifs is 2. The van der Waals surface area contributed by atoms with Crippen molar-refractivity contribution >= 4 is 45.1 Å². The molecule has 2 aromatic heterocycles. The first-order valence-electron chi connectivity index (χ1n) is 12.7. The Labute approximate surface area is 228 Å². The molecule has 0 unspecified atom stereocenters. The van der Waals surface area contributed by atoms with Crippen LogP contribution in [-0.2, 0) is 24.4 Å². The summed E-state index contributed by atoms with van der Waals surface area (Å²) in [5.74, 6) is -0.115. The summed E-state index contributed by atoms with van der Waals surface area (Å²) in [6, 6.07) is 18.6. The topological polar surface area (TPSA) is 129 Å². The van der Waals surface area contributed by atoms with Gasteiger partial charge in [-0.05, 0) is 49.4 Å². The molecule has 0 radical (unpaired) electrons. The van der Waals surface area contributed by atoms with Crippen LogP contribution in [-0.4, -0.2) is 44.2 Å². The molecule has 2 amide bonds. The molecule has 0 fully saturated rings. The predicted molar refractivity (Wildman–Crippen MR) is 153 cm³/mol. The molecule has 5 aromatic rings. The number of nitrogens with one attached hydrogen (secondary N) is 2. The molecular weight excluding hydrogens is 512 g/mol. The van der Waals surface area contributed by atoms with Crippen molar-refractivity contribution in [1.82, 2.24) is 18.7 Å². The number of imidazole rings is 1. The number of carbonyl (C=O) groups excluding carboxylic acids is 2. The number of nitrogens with zero attached hydrogens (tertiary/aromatic N) is 4. The minimum Gasteiger partial charge on any atom is -0.383 e. The number of hydrogen-bond acceptors (Lipinski definition) is 6. The van der Waals surface area contributed by atoms with E-state index in [0.717, 1.165) is 15.6 Å². The van der Waals surface area contributed by atoms with E-state index in [9.17, 15) is 19.2 Å². The summed E-state index contributed by atoms with van der Waals surface area (Å²) < 4.78 is 9.78. The van der Waals surface area contributed by atoms with Crippen LogP contribution in [0.25, 0.3) is 21.9 Å². The van der Waals surface area contributed by atoms with Gasteiger partial charge < -0.3 is 19.9 Å². The van der Waals surface area contributed by atoms with Crippen LogP contribution in [0.2, 0.25) is 0 Å². The van der Waals surface area contributed by atoms with Crippen molar-refractivity contribution in [2.24, 2.45) is 0 Å². The summed E-state index contributed by atoms with van der Waals surface area (Å²) in [6.45, 7) is 2.47. The van der Waals surface area contributed by atoms with Gasteiger partial charge in [-0.2, -0.15) is 0 Å². The molecule has 11 heteroatoms. The Bertz CT molecular complexity index is 1850. The van der Waals surface area contributed by atoms with Gasteiger partial charge in [0, 0.05) is 37.1 Å². The standard InChI is InChI=1S/C29H28N6O5/c1-19(36)20-6-5-7-21(16-20)31-28(38)32-22-10-11-25-23(17-22)27(37)35(14-15-40-2)29(39)34(25)13-12-33-18-30-24-8-3-4-9-26(24)33/h3-11,16-18H,12-15H2,1-2H3,(H2,31,32,38). The zero-order valence-electron chi connectivity index (χ0n) is 22.1. The van der Waals surface area contributed by atoms with E-state index in [4.69, 9.17) is 4.74 Å². The van der Waals surface area contributed by atoms with Crippen LogP contribution in [0.3, 0.4) is 0 Å². The number of anilines is 2. The van der Waals surface area contributed by atoms with Gasteiger partial charge in [-0.15, -0.1) is 0 Å². The second-order valence-corrected chi connectivity index (χ2v) is 9.26. The number of carbonyl (C=O) groups is 2. The molecule has 0 saturated carbocycles. The third kappa shape index (κ3) is 5.40.